The number of rotatable bonds is 1. The second kappa shape index (κ2) is 3.48. The van der Waals surface area contributed by atoms with Crippen molar-refractivity contribution in [2.24, 2.45) is 0 Å². The Hall–Kier alpha value is -1.10. The zero-order chi connectivity index (χ0) is 10.3. The molecule has 0 bridgehead atoms. The minimum atomic E-state index is 0.163. The minimum Gasteiger partial charge on any atom is -0.439 e. The van der Waals surface area contributed by atoms with E-state index >= 15 is 0 Å². The lowest BCUT2D eigenvalue weighted by Gasteiger charge is -2.01. The molecule has 0 saturated carbocycles. The smallest absolute Gasteiger partial charge is 0.214 e. The molecule has 3 rings (SSSR count). The number of nitrogens with one attached hydrogen (secondary N) is 2. The van der Waals surface area contributed by atoms with Crippen LogP contribution in [0.15, 0.2) is 22.6 Å². The number of aromatic nitrogens is 1. The molecule has 2 heterocycles. The number of halogens is 1. The highest BCUT2D eigenvalue weighted by Gasteiger charge is 2.21. The first-order chi connectivity index (χ1) is 7.33. The Morgan fingerprint density at radius 3 is 3.20 bits per heavy atom. The predicted octanol–water partition coefficient (Wildman–Crippen LogP) is 2.02. The van der Waals surface area contributed by atoms with Crippen molar-refractivity contribution in [2.75, 3.05) is 6.54 Å². The van der Waals surface area contributed by atoms with Gasteiger partial charge in [0, 0.05) is 11.6 Å². The van der Waals surface area contributed by atoms with Gasteiger partial charge >= 0.3 is 0 Å². The third-order valence-electron chi connectivity index (χ3n) is 2.50. The number of hydrogen-bond acceptors (Lipinski definition) is 4. The topological polar surface area (TPSA) is 50.1 Å². The molecule has 1 aliphatic rings. The monoisotopic (exact) mass is 223 g/mol. The SMILES string of the molecule is Clc1ccc2oc(C3CCNN3)nc2c1. The van der Waals surface area contributed by atoms with Crippen LogP contribution in [-0.2, 0) is 0 Å². The van der Waals surface area contributed by atoms with E-state index in [0.29, 0.717) is 5.02 Å². The van der Waals surface area contributed by atoms with Crippen molar-refractivity contribution in [3.63, 3.8) is 0 Å². The molecule has 0 amide bonds. The van der Waals surface area contributed by atoms with Crippen LogP contribution in [0, 0.1) is 0 Å². The van der Waals surface area contributed by atoms with Crippen molar-refractivity contribution in [1.29, 1.82) is 0 Å². The van der Waals surface area contributed by atoms with Gasteiger partial charge in [0.25, 0.3) is 0 Å². The van der Waals surface area contributed by atoms with Crippen molar-refractivity contribution in [1.82, 2.24) is 15.8 Å². The van der Waals surface area contributed by atoms with Crippen LogP contribution in [0.1, 0.15) is 18.4 Å². The van der Waals surface area contributed by atoms with Gasteiger partial charge in [-0.3, -0.25) is 5.43 Å². The summed E-state index contributed by atoms with van der Waals surface area (Å²) in [6.07, 6.45) is 0.987. The van der Waals surface area contributed by atoms with E-state index < -0.39 is 0 Å². The number of fused-ring (bicyclic) bond motifs is 1. The summed E-state index contributed by atoms with van der Waals surface area (Å²) in [6.45, 7) is 0.935. The lowest BCUT2D eigenvalue weighted by atomic mass is 10.2. The van der Waals surface area contributed by atoms with Crippen LogP contribution >= 0.6 is 11.6 Å². The molecule has 0 spiro atoms. The molecular formula is C10H10ClN3O. The van der Waals surface area contributed by atoms with E-state index in [1.54, 1.807) is 6.07 Å². The van der Waals surface area contributed by atoms with Crippen molar-refractivity contribution in [3.8, 4) is 0 Å². The van der Waals surface area contributed by atoms with Crippen molar-refractivity contribution < 1.29 is 4.42 Å². The van der Waals surface area contributed by atoms with Gasteiger partial charge in [0.2, 0.25) is 5.89 Å². The fourth-order valence-corrected chi connectivity index (χ4v) is 1.90. The maximum absolute atomic E-state index is 5.88. The van der Waals surface area contributed by atoms with E-state index in [4.69, 9.17) is 16.0 Å². The van der Waals surface area contributed by atoms with Crippen LogP contribution < -0.4 is 10.9 Å². The Bertz CT molecular complexity index is 490. The quantitative estimate of drug-likeness (QED) is 0.777. The Morgan fingerprint density at radius 1 is 1.47 bits per heavy atom. The van der Waals surface area contributed by atoms with Crippen LogP contribution in [0.4, 0.5) is 0 Å². The van der Waals surface area contributed by atoms with Crippen molar-refractivity contribution >= 4 is 22.7 Å². The largest absolute Gasteiger partial charge is 0.439 e. The second-order valence-electron chi connectivity index (χ2n) is 3.58. The van der Waals surface area contributed by atoms with Gasteiger partial charge in [-0.1, -0.05) is 11.6 Å². The van der Waals surface area contributed by atoms with Crippen LogP contribution in [0.5, 0.6) is 0 Å². The highest BCUT2D eigenvalue weighted by Crippen LogP contribution is 2.25. The van der Waals surface area contributed by atoms with Crippen molar-refractivity contribution in [2.45, 2.75) is 12.5 Å². The van der Waals surface area contributed by atoms with E-state index in [9.17, 15) is 0 Å². The van der Waals surface area contributed by atoms with Gasteiger partial charge in [-0.2, -0.15) is 0 Å². The lowest BCUT2D eigenvalue weighted by molar-refractivity contribution is 0.437. The summed E-state index contributed by atoms with van der Waals surface area (Å²) in [4.78, 5) is 4.40. The first-order valence-corrected chi connectivity index (χ1v) is 5.25. The Kier molecular flexibility index (Phi) is 2.12. The Labute approximate surface area is 91.6 Å². The summed E-state index contributed by atoms with van der Waals surface area (Å²) in [5.74, 6) is 0.720. The molecule has 1 atom stereocenters. The van der Waals surface area contributed by atoms with Gasteiger partial charge in [0.05, 0.1) is 6.04 Å². The Morgan fingerprint density at radius 2 is 2.40 bits per heavy atom. The molecule has 1 fully saturated rings. The molecule has 1 unspecified atom stereocenters. The van der Waals surface area contributed by atoms with Crippen LogP contribution in [-0.4, -0.2) is 11.5 Å². The second-order valence-corrected chi connectivity index (χ2v) is 4.01. The molecule has 1 saturated heterocycles. The number of hydrogen-bond donors (Lipinski definition) is 2. The lowest BCUT2D eigenvalue weighted by Crippen LogP contribution is -2.24. The standard InChI is InChI=1S/C10H10ClN3O/c11-6-1-2-9-8(5-6)13-10(15-9)7-3-4-12-14-7/h1-2,5,7,12,14H,3-4H2. The van der Waals surface area contributed by atoms with Crippen molar-refractivity contribution in [3.05, 3.63) is 29.1 Å². The van der Waals surface area contributed by atoms with Gasteiger partial charge in [-0.05, 0) is 24.6 Å². The average Bonchev–Trinajstić information content (AvgIpc) is 2.84. The molecule has 1 aromatic carbocycles. The normalized spacial score (nSPS) is 21.3. The van der Waals surface area contributed by atoms with Crippen LogP contribution in [0.3, 0.4) is 0 Å². The van der Waals surface area contributed by atoms with E-state index in [2.05, 4.69) is 15.8 Å². The minimum absolute atomic E-state index is 0.163. The number of oxazole rings is 1. The molecule has 0 radical (unpaired) electrons. The Balaban J connectivity index is 2.05. The molecule has 78 valence electrons. The van der Waals surface area contributed by atoms with Crippen LogP contribution in [0.25, 0.3) is 11.1 Å². The average molecular weight is 224 g/mol. The number of hydrazine groups is 1. The zero-order valence-electron chi connectivity index (χ0n) is 7.96. The fourth-order valence-electron chi connectivity index (χ4n) is 1.74. The van der Waals surface area contributed by atoms with Gasteiger partial charge in [0.1, 0.15) is 5.52 Å². The predicted molar refractivity (Wildman–Crippen MR) is 57.5 cm³/mol. The molecule has 1 aliphatic heterocycles. The van der Waals surface area contributed by atoms with E-state index in [1.807, 2.05) is 12.1 Å². The first kappa shape index (κ1) is 9.15. The molecular weight excluding hydrogens is 214 g/mol. The maximum atomic E-state index is 5.88. The highest BCUT2D eigenvalue weighted by atomic mass is 35.5. The molecule has 2 N–H and O–H groups in total. The summed E-state index contributed by atoms with van der Waals surface area (Å²) >= 11 is 5.88. The van der Waals surface area contributed by atoms with E-state index in [0.717, 1.165) is 30.0 Å². The van der Waals surface area contributed by atoms with Gasteiger partial charge in [-0.25, -0.2) is 10.4 Å². The summed E-state index contributed by atoms with van der Waals surface area (Å²) in [6, 6.07) is 5.62. The summed E-state index contributed by atoms with van der Waals surface area (Å²) in [7, 11) is 0. The number of benzene rings is 1. The van der Waals surface area contributed by atoms with Gasteiger partial charge in [-0.15, -0.1) is 0 Å². The van der Waals surface area contributed by atoms with E-state index in [1.165, 1.54) is 0 Å². The summed E-state index contributed by atoms with van der Waals surface area (Å²) in [5.41, 5.74) is 7.75. The summed E-state index contributed by atoms with van der Waals surface area (Å²) in [5, 5.41) is 0.680. The first-order valence-electron chi connectivity index (χ1n) is 4.87. The molecule has 0 aliphatic carbocycles. The summed E-state index contributed by atoms with van der Waals surface area (Å²) < 4.78 is 5.63. The molecule has 2 aromatic rings. The third-order valence-corrected chi connectivity index (χ3v) is 2.73. The zero-order valence-corrected chi connectivity index (χ0v) is 8.71. The number of nitrogens with zero attached hydrogens (tertiary/aromatic N) is 1. The van der Waals surface area contributed by atoms with E-state index in [-0.39, 0.29) is 6.04 Å². The molecule has 15 heavy (non-hydrogen) atoms. The molecule has 5 heteroatoms. The maximum Gasteiger partial charge on any atom is 0.214 e. The molecule has 1 aromatic heterocycles. The molecule has 4 nitrogen and oxygen atoms in total. The fraction of sp³-hybridized carbons (Fsp3) is 0.300. The van der Waals surface area contributed by atoms with Gasteiger partial charge in [0.15, 0.2) is 5.58 Å². The third kappa shape index (κ3) is 1.61. The highest BCUT2D eigenvalue weighted by molar-refractivity contribution is 6.31. The van der Waals surface area contributed by atoms with Crippen LogP contribution in [0.2, 0.25) is 5.02 Å². The van der Waals surface area contributed by atoms with Gasteiger partial charge < -0.3 is 4.42 Å².